The molecule has 112 valence electrons. The molecule has 3 nitrogen and oxygen atoms in total. The first-order valence-electron chi connectivity index (χ1n) is 7.39. The second kappa shape index (κ2) is 7.19. The first-order chi connectivity index (χ1) is 9.65. The van der Waals surface area contributed by atoms with Crippen LogP contribution in [0.25, 0.3) is 0 Å². The molecule has 0 aliphatic heterocycles. The highest BCUT2D eigenvalue weighted by molar-refractivity contribution is 6.32. The van der Waals surface area contributed by atoms with Crippen LogP contribution in [0.4, 0.5) is 0 Å². The van der Waals surface area contributed by atoms with Crippen LogP contribution in [0.5, 0.6) is 11.5 Å². The summed E-state index contributed by atoms with van der Waals surface area (Å²) in [6.45, 7) is 2.82. The van der Waals surface area contributed by atoms with E-state index in [0.717, 1.165) is 30.6 Å². The van der Waals surface area contributed by atoms with Gasteiger partial charge >= 0.3 is 0 Å². The van der Waals surface area contributed by atoms with Crippen molar-refractivity contribution in [2.24, 2.45) is 5.73 Å². The number of hydrogen-bond donors (Lipinski definition) is 1. The van der Waals surface area contributed by atoms with E-state index in [9.17, 15) is 0 Å². The second-order valence-electron chi connectivity index (χ2n) is 5.54. The summed E-state index contributed by atoms with van der Waals surface area (Å²) in [6, 6.07) is 4.01. The van der Waals surface area contributed by atoms with E-state index in [-0.39, 0.29) is 6.10 Å². The summed E-state index contributed by atoms with van der Waals surface area (Å²) in [4.78, 5) is 0. The van der Waals surface area contributed by atoms with Gasteiger partial charge in [0.15, 0.2) is 11.5 Å². The Hall–Kier alpha value is -0.930. The van der Waals surface area contributed by atoms with Gasteiger partial charge in [0.05, 0.1) is 18.2 Å². The number of hydrogen-bond acceptors (Lipinski definition) is 3. The van der Waals surface area contributed by atoms with Crippen LogP contribution in [0.1, 0.15) is 50.5 Å². The topological polar surface area (TPSA) is 44.5 Å². The van der Waals surface area contributed by atoms with Gasteiger partial charge in [0.2, 0.25) is 0 Å². The predicted octanol–water partition coefficient (Wildman–Crippen LogP) is 4.12. The highest BCUT2D eigenvalue weighted by Crippen LogP contribution is 2.40. The van der Waals surface area contributed by atoms with Crippen molar-refractivity contribution in [1.82, 2.24) is 0 Å². The van der Waals surface area contributed by atoms with Crippen molar-refractivity contribution in [2.45, 2.75) is 51.0 Å². The Morgan fingerprint density at radius 1 is 1.35 bits per heavy atom. The molecule has 2 rings (SSSR count). The molecule has 1 aliphatic carbocycles. The minimum atomic E-state index is 0.272. The Labute approximate surface area is 126 Å². The number of methoxy groups -OCH3 is 1. The van der Waals surface area contributed by atoms with Gasteiger partial charge in [0, 0.05) is 0 Å². The summed E-state index contributed by atoms with van der Waals surface area (Å²) >= 11 is 6.40. The van der Waals surface area contributed by atoms with E-state index >= 15 is 0 Å². The fraction of sp³-hybridized carbons (Fsp3) is 0.625. The van der Waals surface area contributed by atoms with Crippen LogP contribution in [0.3, 0.4) is 0 Å². The fourth-order valence-electron chi connectivity index (χ4n) is 2.73. The predicted molar refractivity (Wildman–Crippen MR) is 83.0 cm³/mol. The Morgan fingerprint density at radius 3 is 2.65 bits per heavy atom. The molecule has 2 N–H and O–H groups in total. The summed E-state index contributed by atoms with van der Waals surface area (Å²) in [5, 5.41) is 0.634. The number of benzene rings is 1. The normalized spacial score (nSPS) is 17.2. The first kappa shape index (κ1) is 15.5. The zero-order chi connectivity index (χ0) is 14.5. The minimum Gasteiger partial charge on any atom is -0.493 e. The summed E-state index contributed by atoms with van der Waals surface area (Å²) < 4.78 is 11.5. The molecule has 1 unspecified atom stereocenters. The third-order valence-electron chi connectivity index (χ3n) is 4.01. The third-order valence-corrected chi connectivity index (χ3v) is 4.29. The molecule has 0 heterocycles. The van der Waals surface area contributed by atoms with Gasteiger partial charge in [0.1, 0.15) is 0 Å². The van der Waals surface area contributed by atoms with E-state index in [4.69, 9.17) is 26.8 Å². The van der Waals surface area contributed by atoms with Crippen molar-refractivity contribution in [1.29, 1.82) is 0 Å². The van der Waals surface area contributed by atoms with Crippen LogP contribution < -0.4 is 15.2 Å². The molecule has 1 atom stereocenters. The summed E-state index contributed by atoms with van der Waals surface area (Å²) in [6.07, 6.45) is 5.87. The molecule has 1 fully saturated rings. The maximum Gasteiger partial charge on any atom is 0.180 e. The van der Waals surface area contributed by atoms with E-state index in [2.05, 4.69) is 6.92 Å². The van der Waals surface area contributed by atoms with Gasteiger partial charge in [-0.3, -0.25) is 0 Å². The van der Waals surface area contributed by atoms with Gasteiger partial charge in [-0.2, -0.15) is 0 Å². The van der Waals surface area contributed by atoms with Gasteiger partial charge in [-0.25, -0.2) is 0 Å². The summed E-state index contributed by atoms with van der Waals surface area (Å²) in [7, 11) is 1.66. The lowest BCUT2D eigenvalue weighted by Gasteiger charge is -2.20. The molecular formula is C16H24ClNO2. The quantitative estimate of drug-likeness (QED) is 0.859. The molecule has 20 heavy (non-hydrogen) atoms. The van der Waals surface area contributed by atoms with Crippen molar-refractivity contribution >= 4 is 11.6 Å². The lowest BCUT2D eigenvalue weighted by molar-refractivity contribution is 0.201. The Balaban J connectivity index is 2.22. The summed E-state index contributed by atoms with van der Waals surface area (Å²) in [5.41, 5.74) is 6.77. The van der Waals surface area contributed by atoms with E-state index < -0.39 is 0 Å². The van der Waals surface area contributed by atoms with Crippen molar-refractivity contribution in [3.05, 3.63) is 22.7 Å². The van der Waals surface area contributed by atoms with Crippen LogP contribution in [0.2, 0.25) is 5.02 Å². The standard InChI is InChI=1S/C16H24ClNO2/c1-11(7-8-18)12-9-14(17)16(15(10-12)19-2)20-13-5-3-4-6-13/h9-11,13H,3-8,18H2,1-2H3. The maximum atomic E-state index is 6.40. The Morgan fingerprint density at radius 2 is 2.05 bits per heavy atom. The van der Waals surface area contributed by atoms with Gasteiger partial charge < -0.3 is 15.2 Å². The average molecular weight is 298 g/mol. The lowest BCUT2D eigenvalue weighted by Crippen LogP contribution is -2.12. The molecule has 0 saturated heterocycles. The first-order valence-corrected chi connectivity index (χ1v) is 7.77. The van der Waals surface area contributed by atoms with Gasteiger partial charge in [-0.1, -0.05) is 18.5 Å². The van der Waals surface area contributed by atoms with E-state index in [0.29, 0.717) is 23.2 Å². The molecule has 1 aromatic carbocycles. The second-order valence-corrected chi connectivity index (χ2v) is 5.94. The van der Waals surface area contributed by atoms with Gasteiger partial charge in [-0.15, -0.1) is 0 Å². The largest absolute Gasteiger partial charge is 0.493 e. The molecule has 1 saturated carbocycles. The maximum absolute atomic E-state index is 6.40. The third kappa shape index (κ3) is 3.58. The molecule has 0 aromatic heterocycles. The number of halogens is 1. The Bertz CT molecular complexity index is 444. The van der Waals surface area contributed by atoms with Crippen molar-refractivity contribution in [3.8, 4) is 11.5 Å². The number of rotatable bonds is 6. The Kier molecular flexibility index (Phi) is 5.55. The van der Waals surface area contributed by atoms with Crippen LogP contribution in [-0.2, 0) is 0 Å². The molecule has 0 bridgehead atoms. The van der Waals surface area contributed by atoms with Crippen molar-refractivity contribution in [2.75, 3.05) is 13.7 Å². The monoisotopic (exact) mass is 297 g/mol. The molecule has 0 amide bonds. The van der Waals surface area contributed by atoms with Crippen LogP contribution in [-0.4, -0.2) is 19.8 Å². The molecule has 0 radical (unpaired) electrons. The average Bonchev–Trinajstić information content (AvgIpc) is 2.94. The van der Waals surface area contributed by atoms with Crippen molar-refractivity contribution in [3.63, 3.8) is 0 Å². The highest BCUT2D eigenvalue weighted by atomic mass is 35.5. The molecule has 0 spiro atoms. The highest BCUT2D eigenvalue weighted by Gasteiger charge is 2.21. The van der Waals surface area contributed by atoms with Crippen LogP contribution >= 0.6 is 11.6 Å². The van der Waals surface area contributed by atoms with E-state index in [1.54, 1.807) is 7.11 Å². The molecule has 1 aliphatic rings. The van der Waals surface area contributed by atoms with Gasteiger partial charge in [0.25, 0.3) is 0 Å². The van der Waals surface area contributed by atoms with E-state index in [1.807, 2.05) is 12.1 Å². The molecule has 1 aromatic rings. The fourth-order valence-corrected chi connectivity index (χ4v) is 2.99. The zero-order valence-electron chi connectivity index (χ0n) is 12.3. The van der Waals surface area contributed by atoms with Crippen molar-refractivity contribution < 1.29 is 9.47 Å². The zero-order valence-corrected chi connectivity index (χ0v) is 13.1. The van der Waals surface area contributed by atoms with Crippen LogP contribution in [0, 0.1) is 0 Å². The molecular weight excluding hydrogens is 274 g/mol. The number of ether oxygens (including phenoxy) is 2. The number of nitrogens with two attached hydrogens (primary N) is 1. The minimum absolute atomic E-state index is 0.272. The van der Waals surface area contributed by atoms with Gasteiger partial charge in [-0.05, 0) is 62.3 Å². The van der Waals surface area contributed by atoms with Crippen LogP contribution in [0.15, 0.2) is 12.1 Å². The summed E-state index contributed by atoms with van der Waals surface area (Å²) in [5.74, 6) is 1.78. The lowest BCUT2D eigenvalue weighted by atomic mass is 9.97. The molecule has 4 heteroatoms. The smallest absolute Gasteiger partial charge is 0.180 e. The SMILES string of the molecule is COc1cc(C(C)CCN)cc(Cl)c1OC1CCCC1. The van der Waals surface area contributed by atoms with E-state index in [1.165, 1.54) is 12.8 Å².